The Morgan fingerprint density at radius 2 is 2.00 bits per heavy atom. The van der Waals surface area contributed by atoms with Crippen molar-refractivity contribution >= 4 is 5.91 Å². The van der Waals surface area contributed by atoms with Crippen molar-refractivity contribution < 1.29 is 14.7 Å². The standard InChI is InChI=1S/C12H23N3O4/c1-14(2)8-7-12(16)13-9-10-3-5-11(6-4-10)19-15(17)18/h10-11H,3-9H2,1-2H3,(H,13,16)/t10-,11+. The number of nitrogens with zero attached hydrogens (tertiary/aromatic N) is 2. The summed E-state index contributed by atoms with van der Waals surface area (Å²) in [4.78, 5) is 28.3. The van der Waals surface area contributed by atoms with Gasteiger partial charge in [-0.25, -0.2) is 0 Å². The third kappa shape index (κ3) is 6.95. The van der Waals surface area contributed by atoms with Gasteiger partial charge in [-0.1, -0.05) is 0 Å². The Balaban J connectivity index is 2.12. The second kappa shape index (κ2) is 7.93. The molecule has 0 aromatic heterocycles. The van der Waals surface area contributed by atoms with Gasteiger partial charge in [0, 0.05) is 19.5 Å². The molecule has 19 heavy (non-hydrogen) atoms. The lowest BCUT2D eigenvalue weighted by molar-refractivity contribution is -0.769. The summed E-state index contributed by atoms with van der Waals surface area (Å²) in [6, 6.07) is 0. The summed E-state index contributed by atoms with van der Waals surface area (Å²) in [5.74, 6) is 0.479. The summed E-state index contributed by atoms with van der Waals surface area (Å²) in [7, 11) is 3.87. The highest BCUT2D eigenvalue weighted by atomic mass is 17.0. The molecule has 0 aromatic rings. The van der Waals surface area contributed by atoms with Crippen LogP contribution >= 0.6 is 0 Å². The van der Waals surface area contributed by atoms with E-state index in [-0.39, 0.29) is 12.0 Å². The smallest absolute Gasteiger partial charge is 0.294 e. The number of hydrogen-bond acceptors (Lipinski definition) is 5. The van der Waals surface area contributed by atoms with Crippen LogP contribution in [0.25, 0.3) is 0 Å². The van der Waals surface area contributed by atoms with Gasteiger partial charge < -0.3 is 15.1 Å². The number of carbonyl (C=O) groups excluding carboxylic acids is 1. The molecule has 7 heteroatoms. The maximum Gasteiger partial charge on any atom is 0.294 e. The topological polar surface area (TPSA) is 84.7 Å². The van der Waals surface area contributed by atoms with Gasteiger partial charge in [0.25, 0.3) is 5.09 Å². The van der Waals surface area contributed by atoms with Crippen LogP contribution in [0, 0.1) is 16.0 Å². The summed E-state index contributed by atoms with van der Waals surface area (Å²) in [6.45, 7) is 1.41. The molecule has 110 valence electrons. The highest BCUT2D eigenvalue weighted by Gasteiger charge is 2.23. The Bertz CT molecular complexity index is 301. The molecule has 0 aliphatic heterocycles. The molecule has 0 unspecified atom stereocenters. The van der Waals surface area contributed by atoms with E-state index < -0.39 is 5.09 Å². The van der Waals surface area contributed by atoms with E-state index in [1.54, 1.807) is 0 Å². The first-order valence-electron chi connectivity index (χ1n) is 6.70. The summed E-state index contributed by atoms with van der Waals surface area (Å²) in [5.41, 5.74) is 0. The second-order valence-electron chi connectivity index (χ2n) is 5.33. The minimum Gasteiger partial charge on any atom is -0.356 e. The van der Waals surface area contributed by atoms with Crippen molar-refractivity contribution in [2.75, 3.05) is 27.2 Å². The molecule has 0 atom stereocenters. The van der Waals surface area contributed by atoms with Crippen LogP contribution in [0.2, 0.25) is 0 Å². The Hall–Kier alpha value is -1.37. The second-order valence-corrected chi connectivity index (χ2v) is 5.33. The van der Waals surface area contributed by atoms with E-state index in [9.17, 15) is 14.9 Å². The van der Waals surface area contributed by atoms with Gasteiger partial charge in [-0.2, -0.15) is 0 Å². The number of carbonyl (C=O) groups is 1. The number of amides is 1. The largest absolute Gasteiger partial charge is 0.356 e. The first kappa shape index (κ1) is 15.7. The monoisotopic (exact) mass is 273 g/mol. The molecule has 0 saturated heterocycles. The average molecular weight is 273 g/mol. The van der Waals surface area contributed by atoms with Gasteiger partial charge in [0.05, 0.1) is 0 Å². The number of rotatable bonds is 7. The zero-order valence-electron chi connectivity index (χ0n) is 11.6. The van der Waals surface area contributed by atoms with Crippen LogP contribution in [0.15, 0.2) is 0 Å². The minimum atomic E-state index is -0.714. The van der Waals surface area contributed by atoms with Crippen molar-refractivity contribution in [1.29, 1.82) is 0 Å². The fraction of sp³-hybridized carbons (Fsp3) is 0.917. The van der Waals surface area contributed by atoms with Crippen molar-refractivity contribution in [2.24, 2.45) is 5.92 Å². The quantitative estimate of drug-likeness (QED) is 0.548. The Morgan fingerprint density at radius 1 is 1.37 bits per heavy atom. The maximum atomic E-state index is 11.5. The zero-order chi connectivity index (χ0) is 14.3. The predicted octanol–water partition coefficient (Wildman–Crippen LogP) is 0.821. The lowest BCUT2D eigenvalue weighted by atomic mass is 9.87. The molecule has 1 N–H and O–H groups in total. The molecular formula is C12H23N3O4. The molecule has 0 bridgehead atoms. The van der Waals surface area contributed by atoms with Crippen LogP contribution in [0.4, 0.5) is 0 Å². The normalized spacial score (nSPS) is 23.1. The summed E-state index contributed by atoms with van der Waals surface area (Å²) < 4.78 is 0. The van der Waals surface area contributed by atoms with Crippen LogP contribution in [0.3, 0.4) is 0 Å². The highest BCUT2D eigenvalue weighted by molar-refractivity contribution is 5.76. The Kier molecular flexibility index (Phi) is 6.55. The SMILES string of the molecule is CN(C)CCC(=O)NC[C@H]1CC[C@@H](O[N+](=O)[O-])CC1. The van der Waals surface area contributed by atoms with Crippen molar-refractivity contribution in [2.45, 2.75) is 38.2 Å². The van der Waals surface area contributed by atoms with Crippen LogP contribution in [-0.4, -0.2) is 49.2 Å². The Morgan fingerprint density at radius 3 is 2.53 bits per heavy atom. The van der Waals surface area contributed by atoms with Crippen LogP contribution in [0.5, 0.6) is 0 Å². The van der Waals surface area contributed by atoms with Gasteiger partial charge in [0.1, 0.15) is 6.10 Å². The van der Waals surface area contributed by atoms with Gasteiger partial charge in [0.2, 0.25) is 5.91 Å². The van der Waals surface area contributed by atoms with E-state index in [1.165, 1.54) is 0 Å². The number of hydrogen-bond donors (Lipinski definition) is 1. The van der Waals surface area contributed by atoms with Gasteiger partial charge >= 0.3 is 0 Å². The molecule has 1 aliphatic rings. The van der Waals surface area contributed by atoms with Gasteiger partial charge in [-0.05, 0) is 45.7 Å². The molecule has 1 amide bonds. The Labute approximate surface area is 113 Å². The summed E-state index contributed by atoms with van der Waals surface area (Å²) >= 11 is 0. The minimum absolute atomic E-state index is 0.0670. The van der Waals surface area contributed by atoms with E-state index in [4.69, 9.17) is 0 Å². The predicted molar refractivity (Wildman–Crippen MR) is 70.0 cm³/mol. The number of nitrogens with one attached hydrogen (secondary N) is 1. The lowest BCUT2D eigenvalue weighted by Crippen LogP contribution is -2.34. The van der Waals surface area contributed by atoms with Crippen LogP contribution in [0.1, 0.15) is 32.1 Å². The van der Waals surface area contributed by atoms with Gasteiger partial charge in [-0.15, -0.1) is 10.1 Å². The first-order chi connectivity index (χ1) is 8.97. The van der Waals surface area contributed by atoms with Crippen LogP contribution in [-0.2, 0) is 9.63 Å². The van der Waals surface area contributed by atoms with E-state index >= 15 is 0 Å². The molecule has 1 saturated carbocycles. The van der Waals surface area contributed by atoms with E-state index in [2.05, 4.69) is 10.2 Å². The molecule has 0 heterocycles. The van der Waals surface area contributed by atoms with Gasteiger partial charge in [0.15, 0.2) is 0 Å². The fourth-order valence-electron chi connectivity index (χ4n) is 2.23. The average Bonchev–Trinajstić information content (AvgIpc) is 2.35. The third-order valence-electron chi connectivity index (χ3n) is 3.40. The van der Waals surface area contributed by atoms with E-state index in [0.717, 1.165) is 19.4 Å². The lowest BCUT2D eigenvalue weighted by Gasteiger charge is -2.27. The van der Waals surface area contributed by atoms with E-state index in [1.807, 2.05) is 19.0 Å². The van der Waals surface area contributed by atoms with Gasteiger partial charge in [-0.3, -0.25) is 4.79 Å². The maximum absolute atomic E-state index is 11.5. The zero-order valence-corrected chi connectivity index (χ0v) is 11.6. The van der Waals surface area contributed by atoms with Crippen molar-refractivity contribution in [3.63, 3.8) is 0 Å². The molecule has 0 radical (unpaired) electrons. The third-order valence-corrected chi connectivity index (χ3v) is 3.40. The molecule has 1 fully saturated rings. The fourth-order valence-corrected chi connectivity index (χ4v) is 2.23. The molecule has 0 aromatic carbocycles. The van der Waals surface area contributed by atoms with Crippen molar-refractivity contribution in [3.8, 4) is 0 Å². The summed E-state index contributed by atoms with van der Waals surface area (Å²) in [6.07, 6.45) is 3.36. The van der Waals surface area contributed by atoms with E-state index in [0.29, 0.717) is 31.7 Å². The van der Waals surface area contributed by atoms with Crippen molar-refractivity contribution in [3.05, 3.63) is 10.1 Å². The molecule has 0 spiro atoms. The van der Waals surface area contributed by atoms with Crippen LogP contribution < -0.4 is 5.32 Å². The molecule has 7 nitrogen and oxygen atoms in total. The summed E-state index contributed by atoms with van der Waals surface area (Å²) in [5, 5.41) is 12.4. The van der Waals surface area contributed by atoms with Crippen molar-refractivity contribution in [1.82, 2.24) is 10.2 Å². The molecular weight excluding hydrogens is 250 g/mol. The highest BCUT2D eigenvalue weighted by Crippen LogP contribution is 2.25. The molecule has 1 aliphatic carbocycles. The first-order valence-corrected chi connectivity index (χ1v) is 6.70. The molecule has 1 rings (SSSR count).